The van der Waals surface area contributed by atoms with Crippen molar-refractivity contribution in [2.75, 3.05) is 13.7 Å². The third kappa shape index (κ3) is 3.85. The molecular weight excluding hydrogens is 334 g/mol. The molecule has 1 aromatic heterocycles. The van der Waals surface area contributed by atoms with Gasteiger partial charge in [-0.25, -0.2) is 4.98 Å². The molecule has 0 radical (unpaired) electrons. The third-order valence-electron chi connectivity index (χ3n) is 3.07. The number of carbonyl (C=O) groups is 1. The number of benzene rings is 1. The molecule has 0 unspecified atom stereocenters. The topological polar surface area (TPSA) is 115 Å². The van der Waals surface area contributed by atoms with Gasteiger partial charge in [0, 0.05) is 11.1 Å². The summed E-state index contributed by atoms with van der Waals surface area (Å²) >= 11 is 1.21. The largest absolute Gasteiger partial charge is 0.496 e. The first-order valence-corrected chi connectivity index (χ1v) is 7.63. The van der Waals surface area contributed by atoms with Crippen LogP contribution in [0, 0.1) is 28.4 Å². The fourth-order valence-corrected chi connectivity index (χ4v) is 2.75. The second-order valence-electron chi connectivity index (χ2n) is 4.73. The van der Waals surface area contributed by atoms with Gasteiger partial charge >= 0.3 is 5.69 Å². The number of Topliss-reactive ketones (excluding diaryl/α,β-unsaturated/α-hetero) is 1. The Bertz CT molecular complexity index is 812. The van der Waals surface area contributed by atoms with Crippen molar-refractivity contribution in [2.45, 2.75) is 12.8 Å². The first-order chi connectivity index (χ1) is 11.5. The number of rotatable bonds is 7. The van der Waals surface area contributed by atoms with Crippen LogP contribution in [0.1, 0.15) is 16.6 Å². The molecule has 24 heavy (non-hydrogen) atoms. The molecule has 0 fully saturated rings. The molecule has 0 bridgehead atoms. The van der Waals surface area contributed by atoms with Crippen molar-refractivity contribution in [3.8, 4) is 17.6 Å². The first-order valence-electron chi connectivity index (χ1n) is 6.75. The molecule has 0 aliphatic heterocycles. The Balaban J connectivity index is 2.14. The number of thiazole rings is 1. The van der Waals surface area contributed by atoms with Gasteiger partial charge in [-0.2, -0.15) is 5.26 Å². The zero-order valence-electron chi connectivity index (χ0n) is 12.9. The number of methoxy groups -OCH3 is 1. The second kappa shape index (κ2) is 7.52. The molecule has 2 rings (SSSR count). The monoisotopic (exact) mass is 347 g/mol. The van der Waals surface area contributed by atoms with Crippen LogP contribution in [0.3, 0.4) is 0 Å². The summed E-state index contributed by atoms with van der Waals surface area (Å²) in [6.07, 6.45) is 0. The van der Waals surface area contributed by atoms with Gasteiger partial charge in [0.2, 0.25) is 0 Å². The van der Waals surface area contributed by atoms with E-state index in [-0.39, 0.29) is 11.4 Å². The standard InChI is InChI=1S/C15H13N3O5S/c1-9-8-24-15(17-9)11(6-16)13(19)7-23-14-4-3-10(22-2)5-12(14)18(20)21/h3-5,8,11H,7H2,1-2H3/t11-/m0/s1. The number of hydrogen-bond acceptors (Lipinski definition) is 8. The SMILES string of the molecule is COc1ccc(OCC(=O)[C@H](C#N)c2nc(C)cs2)c([N+](=O)[O-])c1. The molecule has 0 amide bonds. The van der Waals surface area contributed by atoms with Gasteiger partial charge < -0.3 is 9.47 Å². The lowest BCUT2D eigenvalue weighted by Crippen LogP contribution is -2.19. The van der Waals surface area contributed by atoms with Crippen LogP contribution in [0.5, 0.6) is 11.5 Å². The van der Waals surface area contributed by atoms with Crippen LogP contribution >= 0.6 is 11.3 Å². The lowest BCUT2D eigenvalue weighted by atomic mass is 10.1. The van der Waals surface area contributed by atoms with Crippen LogP contribution in [-0.4, -0.2) is 29.4 Å². The number of carbonyl (C=O) groups excluding carboxylic acids is 1. The smallest absolute Gasteiger partial charge is 0.314 e. The number of nitro groups is 1. The maximum atomic E-state index is 12.2. The predicted octanol–water partition coefficient (Wildman–Crippen LogP) is 2.62. The van der Waals surface area contributed by atoms with E-state index in [0.29, 0.717) is 10.8 Å². The minimum Gasteiger partial charge on any atom is -0.496 e. The lowest BCUT2D eigenvalue weighted by Gasteiger charge is -2.09. The minimum absolute atomic E-state index is 0.0684. The highest BCUT2D eigenvalue weighted by molar-refractivity contribution is 7.09. The highest BCUT2D eigenvalue weighted by Crippen LogP contribution is 2.31. The Morgan fingerprint density at radius 1 is 1.54 bits per heavy atom. The Hall–Kier alpha value is -2.99. The van der Waals surface area contributed by atoms with Crippen molar-refractivity contribution >= 4 is 22.8 Å². The molecule has 1 atom stereocenters. The normalized spacial score (nSPS) is 11.4. The van der Waals surface area contributed by atoms with E-state index >= 15 is 0 Å². The molecule has 0 saturated heterocycles. The highest BCUT2D eigenvalue weighted by atomic mass is 32.1. The fraction of sp³-hybridized carbons (Fsp3) is 0.267. The Kier molecular flexibility index (Phi) is 5.44. The Morgan fingerprint density at radius 3 is 2.83 bits per heavy atom. The van der Waals surface area contributed by atoms with Crippen LogP contribution in [0.25, 0.3) is 0 Å². The number of aryl methyl sites for hydroxylation is 1. The van der Waals surface area contributed by atoms with E-state index in [1.165, 1.54) is 36.6 Å². The van der Waals surface area contributed by atoms with Crippen molar-refractivity contribution in [2.24, 2.45) is 0 Å². The average Bonchev–Trinajstić information content (AvgIpc) is 2.99. The first kappa shape index (κ1) is 17.4. The van der Waals surface area contributed by atoms with E-state index in [1.807, 2.05) is 6.07 Å². The predicted molar refractivity (Wildman–Crippen MR) is 85.4 cm³/mol. The molecule has 0 aliphatic rings. The molecule has 0 aliphatic carbocycles. The van der Waals surface area contributed by atoms with Crippen LogP contribution in [-0.2, 0) is 4.79 Å². The quantitative estimate of drug-likeness (QED) is 0.558. The molecular formula is C15H13N3O5S. The van der Waals surface area contributed by atoms with Gasteiger partial charge in [-0.1, -0.05) is 0 Å². The van der Waals surface area contributed by atoms with Crippen LogP contribution in [0.4, 0.5) is 5.69 Å². The molecule has 8 nitrogen and oxygen atoms in total. The maximum absolute atomic E-state index is 12.2. The highest BCUT2D eigenvalue weighted by Gasteiger charge is 2.25. The molecule has 2 aromatic rings. The summed E-state index contributed by atoms with van der Waals surface area (Å²) < 4.78 is 10.2. The van der Waals surface area contributed by atoms with Gasteiger partial charge in [-0.3, -0.25) is 14.9 Å². The molecule has 0 N–H and O–H groups in total. The molecule has 1 aromatic carbocycles. The number of ether oxygens (including phenoxy) is 2. The van der Waals surface area contributed by atoms with Gasteiger partial charge in [0.1, 0.15) is 17.4 Å². The summed E-state index contributed by atoms with van der Waals surface area (Å²) in [4.78, 5) is 26.8. The van der Waals surface area contributed by atoms with Crippen LogP contribution in [0.15, 0.2) is 23.6 Å². The lowest BCUT2D eigenvalue weighted by molar-refractivity contribution is -0.385. The molecule has 9 heteroatoms. The summed E-state index contributed by atoms with van der Waals surface area (Å²) in [6.45, 7) is 1.29. The van der Waals surface area contributed by atoms with E-state index in [1.54, 1.807) is 12.3 Å². The number of nitriles is 1. The zero-order chi connectivity index (χ0) is 17.7. The van der Waals surface area contributed by atoms with Crippen LogP contribution < -0.4 is 9.47 Å². The number of aromatic nitrogens is 1. The Labute approximate surface area is 141 Å². The molecule has 124 valence electrons. The van der Waals surface area contributed by atoms with Crippen molar-refractivity contribution in [3.63, 3.8) is 0 Å². The minimum atomic E-state index is -1.05. The van der Waals surface area contributed by atoms with E-state index in [4.69, 9.17) is 9.47 Å². The van der Waals surface area contributed by atoms with Gasteiger partial charge in [0.05, 0.1) is 24.2 Å². The summed E-state index contributed by atoms with van der Waals surface area (Å²) in [6, 6.07) is 5.92. The zero-order valence-corrected chi connectivity index (χ0v) is 13.7. The summed E-state index contributed by atoms with van der Waals surface area (Å²) in [5.41, 5.74) is 0.399. The van der Waals surface area contributed by atoms with Crippen LogP contribution in [0.2, 0.25) is 0 Å². The molecule has 0 saturated carbocycles. The van der Waals surface area contributed by atoms with Crippen molar-refractivity contribution in [1.29, 1.82) is 5.26 Å². The summed E-state index contributed by atoms with van der Waals surface area (Å²) in [5, 5.41) is 22.4. The number of hydrogen-bond donors (Lipinski definition) is 0. The second-order valence-corrected chi connectivity index (χ2v) is 5.62. The van der Waals surface area contributed by atoms with Crippen molar-refractivity contribution in [1.82, 2.24) is 4.98 Å². The third-order valence-corrected chi connectivity index (χ3v) is 4.09. The molecule has 1 heterocycles. The summed E-state index contributed by atoms with van der Waals surface area (Å²) in [5.74, 6) is -1.34. The van der Waals surface area contributed by atoms with Crippen molar-refractivity contribution in [3.05, 3.63) is 44.4 Å². The van der Waals surface area contributed by atoms with Gasteiger partial charge in [0.25, 0.3) is 0 Å². The number of nitrogens with zero attached hydrogens (tertiary/aromatic N) is 3. The van der Waals surface area contributed by atoms with E-state index in [0.717, 1.165) is 5.69 Å². The van der Waals surface area contributed by atoms with E-state index in [2.05, 4.69) is 4.98 Å². The maximum Gasteiger partial charge on any atom is 0.314 e. The summed E-state index contributed by atoms with van der Waals surface area (Å²) in [7, 11) is 1.39. The van der Waals surface area contributed by atoms with Gasteiger partial charge in [-0.15, -0.1) is 11.3 Å². The average molecular weight is 347 g/mol. The number of nitro benzene ring substituents is 1. The molecule has 0 spiro atoms. The van der Waals surface area contributed by atoms with E-state index < -0.39 is 23.2 Å². The Morgan fingerprint density at radius 2 is 2.29 bits per heavy atom. The van der Waals surface area contributed by atoms with E-state index in [9.17, 15) is 20.2 Å². The van der Waals surface area contributed by atoms with Crippen molar-refractivity contribution < 1.29 is 19.2 Å². The fourth-order valence-electron chi connectivity index (χ4n) is 1.89. The van der Waals surface area contributed by atoms with Gasteiger partial charge in [0.15, 0.2) is 17.5 Å². The van der Waals surface area contributed by atoms with Gasteiger partial charge in [-0.05, 0) is 19.1 Å². The number of ketones is 1.